The number of nitrogens with zero attached hydrogens (tertiary/aromatic N) is 3. The minimum absolute atomic E-state index is 0.653. The highest BCUT2D eigenvalue weighted by Crippen LogP contribution is 2.27. The molecular formula is C15H25N5. The number of piperidine rings is 1. The van der Waals surface area contributed by atoms with Gasteiger partial charge in [-0.1, -0.05) is 6.42 Å². The highest BCUT2D eigenvalue weighted by atomic mass is 15.3. The van der Waals surface area contributed by atoms with Crippen LogP contribution < -0.4 is 10.6 Å². The van der Waals surface area contributed by atoms with E-state index in [0.29, 0.717) is 12.0 Å². The third-order valence-corrected chi connectivity index (χ3v) is 5.24. The number of anilines is 1. The van der Waals surface area contributed by atoms with E-state index in [-0.39, 0.29) is 0 Å². The van der Waals surface area contributed by atoms with E-state index in [0.717, 1.165) is 25.7 Å². The van der Waals surface area contributed by atoms with Crippen LogP contribution >= 0.6 is 0 Å². The lowest BCUT2D eigenvalue weighted by Gasteiger charge is -2.33. The Morgan fingerprint density at radius 3 is 3.30 bits per heavy atom. The van der Waals surface area contributed by atoms with Gasteiger partial charge in [-0.15, -0.1) is 0 Å². The highest BCUT2D eigenvalue weighted by molar-refractivity contribution is 5.35. The van der Waals surface area contributed by atoms with Gasteiger partial charge in [0.25, 0.3) is 0 Å². The molecule has 3 aliphatic heterocycles. The van der Waals surface area contributed by atoms with Crippen LogP contribution in [0.3, 0.4) is 0 Å². The topological polar surface area (TPSA) is 45.1 Å². The van der Waals surface area contributed by atoms with E-state index in [4.69, 9.17) is 0 Å². The monoisotopic (exact) mass is 275 g/mol. The first kappa shape index (κ1) is 12.7. The summed E-state index contributed by atoms with van der Waals surface area (Å²) in [5.74, 6) is 1.82. The summed E-state index contributed by atoms with van der Waals surface area (Å²) < 4.78 is 2.09. The second-order valence-corrected chi connectivity index (χ2v) is 6.55. The molecule has 3 aliphatic rings. The van der Waals surface area contributed by atoms with Gasteiger partial charge in [0.05, 0.1) is 6.20 Å². The Morgan fingerprint density at radius 2 is 2.30 bits per heavy atom. The normalized spacial score (nSPS) is 33.5. The minimum atomic E-state index is 0.653. The van der Waals surface area contributed by atoms with Crippen LogP contribution in [0, 0.1) is 5.92 Å². The molecule has 1 aromatic heterocycles. The number of aromatic nitrogens is 2. The molecule has 2 saturated heterocycles. The fraction of sp³-hybridized carbons (Fsp3) is 0.800. The Bertz CT molecular complexity index is 457. The second kappa shape index (κ2) is 5.37. The summed E-state index contributed by atoms with van der Waals surface area (Å²) >= 11 is 0. The van der Waals surface area contributed by atoms with Crippen LogP contribution in [0.4, 0.5) is 5.82 Å². The fourth-order valence-corrected chi connectivity index (χ4v) is 4.13. The van der Waals surface area contributed by atoms with Crippen LogP contribution in [0.15, 0.2) is 12.3 Å². The van der Waals surface area contributed by atoms with E-state index in [9.17, 15) is 0 Å². The molecule has 0 aliphatic carbocycles. The average Bonchev–Trinajstić information content (AvgIpc) is 3.11. The van der Waals surface area contributed by atoms with Crippen LogP contribution in [0.1, 0.15) is 25.7 Å². The molecule has 110 valence electrons. The van der Waals surface area contributed by atoms with Crippen LogP contribution in [-0.4, -0.2) is 52.9 Å². The van der Waals surface area contributed by atoms with Crippen molar-refractivity contribution in [3.05, 3.63) is 12.3 Å². The van der Waals surface area contributed by atoms with E-state index >= 15 is 0 Å². The molecule has 0 saturated carbocycles. The predicted octanol–water partition coefficient (Wildman–Crippen LogP) is 1.14. The molecule has 0 amide bonds. The molecule has 0 bridgehead atoms. The van der Waals surface area contributed by atoms with Crippen molar-refractivity contribution in [2.45, 2.75) is 44.3 Å². The average molecular weight is 275 g/mol. The molecule has 20 heavy (non-hydrogen) atoms. The number of nitrogens with one attached hydrogen (secondary N) is 2. The molecule has 0 unspecified atom stereocenters. The maximum atomic E-state index is 4.37. The van der Waals surface area contributed by atoms with Gasteiger partial charge < -0.3 is 10.6 Å². The molecule has 2 fully saturated rings. The first-order valence-corrected chi connectivity index (χ1v) is 8.13. The van der Waals surface area contributed by atoms with Gasteiger partial charge in [0, 0.05) is 50.2 Å². The number of rotatable bonds is 3. The molecule has 0 spiro atoms. The lowest BCUT2D eigenvalue weighted by Crippen LogP contribution is -2.47. The van der Waals surface area contributed by atoms with Crippen LogP contribution in [0.2, 0.25) is 0 Å². The summed E-state index contributed by atoms with van der Waals surface area (Å²) in [7, 11) is 0. The minimum Gasteiger partial charge on any atom is -0.370 e. The van der Waals surface area contributed by atoms with Gasteiger partial charge in [0.2, 0.25) is 0 Å². The maximum absolute atomic E-state index is 4.37. The van der Waals surface area contributed by atoms with Gasteiger partial charge in [-0.2, -0.15) is 5.10 Å². The van der Waals surface area contributed by atoms with Crippen LogP contribution in [0.5, 0.6) is 0 Å². The van der Waals surface area contributed by atoms with Gasteiger partial charge in [0.1, 0.15) is 5.82 Å². The van der Waals surface area contributed by atoms with Crippen molar-refractivity contribution in [3.63, 3.8) is 0 Å². The first-order chi connectivity index (χ1) is 9.90. The van der Waals surface area contributed by atoms with E-state index < -0.39 is 0 Å². The zero-order valence-corrected chi connectivity index (χ0v) is 12.1. The zero-order chi connectivity index (χ0) is 13.4. The summed E-state index contributed by atoms with van der Waals surface area (Å²) in [4.78, 5) is 2.70. The number of hydrogen-bond donors (Lipinski definition) is 2. The molecule has 0 aromatic carbocycles. The summed E-state index contributed by atoms with van der Waals surface area (Å²) in [5.41, 5.74) is 0. The molecule has 4 heterocycles. The predicted molar refractivity (Wildman–Crippen MR) is 79.8 cm³/mol. The summed E-state index contributed by atoms with van der Waals surface area (Å²) in [6.07, 6.45) is 7.43. The highest BCUT2D eigenvalue weighted by Gasteiger charge is 2.35. The van der Waals surface area contributed by atoms with E-state index in [1.54, 1.807) is 0 Å². The fourth-order valence-electron chi connectivity index (χ4n) is 4.13. The summed E-state index contributed by atoms with van der Waals surface area (Å²) in [5, 5.41) is 11.7. The van der Waals surface area contributed by atoms with Crippen molar-refractivity contribution in [1.29, 1.82) is 0 Å². The Labute approximate surface area is 120 Å². The molecule has 1 aromatic rings. The number of fused-ring (bicyclic) bond motifs is 2. The van der Waals surface area contributed by atoms with Crippen molar-refractivity contribution in [3.8, 4) is 0 Å². The smallest absolute Gasteiger partial charge is 0.124 e. The summed E-state index contributed by atoms with van der Waals surface area (Å²) in [6.45, 7) is 5.85. The van der Waals surface area contributed by atoms with Crippen molar-refractivity contribution >= 4 is 5.82 Å². The van der Waals surface area contributed by atoms with Gasteiger partial charge in [-0.25, -0.2) is 4.68 Å². The lowest BCUT2D eigenvalue weighted by atomic mass is 9.98. The third kappa shape index (κ3) is 2.33. The zero-order valence-electron chi connectivity index (χ0n) is 12.1. The quantitative estimate of drug-likeness (QED) is 0.868. The Hall–Kier alpha value is -1.07. The molecule has 4 rings (SSSR count). The summed E-state index contributed by atoms with van der Waals surface area (Å²) in [6, 6.07) is 3.58. The van der Waals surface area contributed by atoms with Crippen LogP contribution in [0.25, 0.3) is 0 Å². The maximum Gasteiger partial charge on any atom is 0.124 e. The van der Waals surface area contributed by atoms with Crippen molar-refractivity contribution in [2.75, 3.05) is 31.5 Å². The van der Waals surface area contributed by atoms with Gasteiger partial charge in [-0.3, -0.25) is 4.90 Å². The second-order valence-electron chi connectivity index (χ2n) is 6.55. The van der Waals surface area contributed by atoms with Gasteiger partial charge in [0.15, 0.2) is 0 Å². The molecular weight excluding hydrogens is 250 g/mol. The SMILES string of the molecule is c1cc2n(n1)C[C@H](CN[C@H]1CCN3CCCC[C@H]13)CN2. The Kier molecular flexibility index (Phi) is 3.40. The van der Waals surface area contributed by atoms with Crippen molar-refractivity contribution < 1.29 is 0 Å². The molecule has 2 N–H and O–H groups in total. The van der Waals surface area contributed by atoms with E-state index in [1.807, 2.05) is 6.20 Å². The standard InChI is InChI=1S/C15H25N5/c1-2-7-19-8-5-13(14(19)3-1)16-9-12-10-17-15-4-6-18-20(15)11-12/h4,6,12-14,16-17H,1-3,5,7-11H2/t12-,13+,14-/m1/s1. The Balaban J connectivity index is 1.31. The first-order valence-electron chi connectivity index (χ1n) is 8.13. The largest absolute Gasteiger partial charge is 0.370 e. The van der Waals surface area contributed by atoms with Gasteiger partial charge >= 0.3 is 0 Å². The van der Waals surface area contributed by atoms with Crippen molar-refractivity contribution in [1.82, 2.24) is 20.0 Å². The molecule has 5 heteroatoms. The molecule has 0 radical (unpaired) electrons. The molecule has 3 atom stereocenters. The van der Waals surface area contributed by atoms with E-state index in [2.05, 4.69) is 31.4 Å². The van der Waals surface area contributed by atoms with Crippen LogP contribution in [-0.2, 0) is 6.54 Å². The van der Waals surface area contributed by atoms with Gasteiger partial charge in [-0.05, 0) is 25.8 Å². The van der Waals surface area contributed by atoms with E-state index in [1.165, 1.54) is 44.6 Å². The van der Waals surface area contributed by atoms with Crippen molar-refractivity contribution in [2.24, 2.45) is 5.92 Å². The molecule has 5 nitrogen and oxygen atoms in total. The Morgan fingerprint density at radius 1 is 1.30 bits per heavy atom. The lowest BCUT2D eigenvalue weighted by molar-refractivity contribution is 0.178. The third-order valence-electron chi connectivity index (χ3n) is 5.24. The number of hydrogen-bond acceptors (Lipinski definition) is 4.